The zero-order valence-electron chi connectivity index (χ0n) is 8.97. The van der Waals surface area contributed by atoms with Gasteiger partial charge < -0.3 is 0 Å². The quantitative estimate of drug-likeness (QED) is 0.602. The minimum atomic E-state index is 1.06. The van der Waals surface area contributed by atoms with Crippen molar-refractivity contribution < 1.29 is 0 Å². The Bertz CT molecular complexity index is 640. The molecule has 0 radical (unpaired) electrons. The highest BCUT2D eigenvalue weighted by molar-refractivity contribution is 7.13. The minimum Gasteiger partial charge on any atom is -0.256 e. The first-order valence-electron chi connectivity index (χ1n) is 5.24. The highest BCUT2D eigenvalue weighted by Gasteiger charge is 2.04. The molecule has 0 unspecified atom stereocenters. The molecule has 2 heterocycles. The average Bonchev–Trinajstić information content (AvgIpc) is 2.75. The van der Waals surface area contributed by atoms with Gasteiger partial charge in [0.15, 0.2) is 0 Å². The number of thiophene rings is 1. The third kappa shape index (κ3) is 1.51. The summed E-state index contributed by atoms with van der Waals surface area (Å²) < 4.78 is 0. The molecule has 0 saturated heterocycles. The van der Waals surface area contributed by atoms with Crippen molar-refractivity contribution in [3.05, 3.63) is 53.5 Å². The monoisotopic (exact) mass is 225 g/mol. The van der Waals surface area contributed by atoms with Gasteiger partial charge in [-0.1, -0.05) is 18.2 Å². The average molecular weight is 225 g/mol. The number of para-hydroxylation sites is 1. The van der Waals surface area contributed by atoms with E-state index in [9.17, 15) is 0 Å². The van der Waals surface area contributed by atoms with Gasteiger partial charge >= 0.3 is 0 Å². The van der Waals surface area contributed by atoms with Gasteiger partial charge in [0.1, 0.15) is 0 Å². The molecule has 1 nitrogen and oxygen atoms in total. The predicted molar refractivity (Wildman–Crippen MR) is 69.8 cm³/mol. The molecule has 3 rings (SSSR count). The van der Waals surface area contributed by atoms with Crippen LogP contribution in [-0.2, 0) is 0 Å². The lowest BCUT2D eigenvalue weighted by Gasteiger charge is -2.02. The van der Waals surface area contributed by atoms with E-state index in [0.29, 0.717) is 0 Å². The van der Waals surface area contributed by atoms with Gasteiger partial charge in [0.2, 0.25) is 0 Å². The molecule has 0 amide bonds. The number of fused-ring (bicyclic) bond motifs is 1. The summed E-state index contributed by atoms with van der Waals surface area (Å²) in [5, 5.41) is 3.33. The summed E-state index contributed by atoms with van der Waals surface area (Å²) in [4.78, 5) is 5.80. The number of rotatable bonds is 1. The van der Waals surface area contributed by atoms with Crippen molar-refractivity contribution in [3.8, 4) is 10.4 Å². The van der Waals surface area contributed by atoms with E-state index in [1.165, 1.54) is 21.4 Å². The molecule has 0 spiro atoms. The smallest absolute Gasteiger partial charge is 0.0702 e. The molecule has 0 saturated carbocycles. The Morgan fingerprint density at radius 1 is 1.12 bits per heavy atom. The highest BCUT2D eigenvalue weighted by atomic mass is 32.1. The van der Waals surface area contributed by atoms with Crippen LogP contribution in [0.1, 0.15) is 5.56 Å². The lowest BCUT2D eigenvalue weighted by molar-refractivity contribution is 1.41. The second kappa shape index (κ2) is 3.72. The van der Waals surface area contributed by atoms with Crippen LogP contribution in [0.3, 0.4) is 0 Å². The molecular formula is C14H11NS. The zero-order valence-corrected chi connectivity index (χ0v) is 9.79. The van der Waals surface area contributed by atoms with Crippen LogP contribution in [0.2, 0.25) is 0 Å². The van der Waals surface area contributed by atoms with Gasteiger partial charge in [0, 0.05) is 22.0 Å². The molecular weight excluding hydrogens is 214 g/mol. The number of nitrogens with zero attached hydrogens (tertiary/aromatic N) is 1. The van der Waals surface area contributed by atoms with E-state index in [4.69, 9.17) is 0 Å². The third-order valence-electron chi connectivity index (χ3n) is 2.71. The molecule has 0 aliphatic rings. The summed E-state index contributed by atoms with van der Waals surface area (Å²) in [6.07, 6.45) is 1.96. The lowest BCUT2D eigenvalue weighted by Crippen LogP contribution is -1.81. The number of hydrogen-bond acceptors (Lipinski definition) is 2. The van der Waals surface area contributed by atoms with Crippen molar-refractivity contribution in [2.75, 3.05) is 0 Å². The van der Waals surface area contributed by atoms with E-state index in [2.05, 4.69) is 41.6 Å². The molecule has 78 valence electrons. The number of pyridine rings is 1. The summed E-state index contributed by atoms with van der Waals surface area (Å²) >= 11 is 1.77. The van der Waals surface area contributed by atoms with Crippen LogP contribution in [0, 0.1) is 6.92 Å². The molecule has 0 N–H and O–H groups in total. The molecule has 0 bridgehead atoms. The van der Waals surface area contributed by atoms with Gasteiger partial charge in [0.25, 0.3) is 0 Å². The van der Waals surface area contributed by atoms with Crippen LogP contribution in [0.4, 0.5) is 0 Å². The van der Waals surface area contributed by atoms with Crippen LogP contribution >= 0.6 is 11.3 Å². The molecule has 0 aliphatic carbocycles. The first kappa shape index (κ1) is 9.55. The number of hydrogen-bond donors (Lipinski definition) is 0. The Hall–Kier alpha value is -1.67. The molecule has 16 heavy (non-hydrogen) atoms. The van der Waals surface area contributed by atoms with Crippen molar-refractivity contribution in [1.82, 2.24) is 4.98 Å². The van der Waals surface area contributed by atoms with Crippen LogP contribution in [0.15, 0.2) is 48.0 Å². The van der Waals surface area contributed by atoms with Gasteiger partial charge in [-0.15, -0.1) is 11.3 Å². The van der Waals surface area contributed by atoms with Gasteiger partial charge in [-0.25, -0.2) is 0 Å². The van der Waals surface area contributed by atoms with E-state index in [-0.39, 0.29) is 0 Å². The van der Waals surface area contributed by atoms with Crippen molar-refractivity contribution in [1.29, 1.82) is 0 Å². The van der Waals surface area contributed by atoms with E-state index >= 15 is 0 Å². The Morgan fingerprint density at radius 3 is 2.81 bits per heavy atom. The van der Waals surface area contributed by atoms with E-state index < -0.39 is 0 Å². The molecule has 0 aliphatic heterocycles. The Labute approximate surface area is 98.4 Å². The number of benzene rings is 1. The van der Waals surface area contributed by atoms with E-state index in [0.717, 1.165) is 5.52 Å². The van der Waals surface area contributed by atoms with Gasteiger partial charge in [0.05, 0.1) is 5.52 Å². The fraction of sp³-hybridized carbons (Fsp3) is 0.0714. The number of aromatic nitrogens is 1. The molecule has 2 heteroatoms. The van der Waals surface area contributed by atoms with Crippen molar-refractivity contribution in [2.24, 2.45) is 0 Å². The maximum atomic E-state index is 4.48. The third-order valence-corrected chi connectivity index (χ3v) is 3.78. The predicted octanol–water partition coefficient (Wildman–Crippen LogP) is 4.27. The second-order valence-corrected chi connectivity index (χ2v) is 4.77. The summed E-state index contributed by atoms with van der Waals surface area (Å²) in [6.45, 7) is 2.14. The topological polar surface area (TPSA) is 12.9 Å². The van der Waals surface area contributed by atoms with Crippen LogP contribution < -0.4 is 0 Å². The normalized spacial score (nSPS) is 10.8. The molecule has 2 aromatic heterocycles. The second-order valence-electron chi connectivity index (χ2n) is 3.85. The summed E-state index contributed by atoms with van der Waals surface area (Å²) in [5.74, 6) is 0. The van der Waals surface area contributed by atoms with Gasteiger partial charge in [-0.05, 0) is 36.1 Å². The van der Waals surface area contributed by atoms with Gasteiger partial charge in [-0.2, -0.15) is 0 Å². The molecule has 1 aromatic carbocycles. The fourth-order valence-electron chi connectivity index (χ4n) is 1.86. The Kier molecular flexibility index (Phi) is 2.22. The first-order chi connectivity index (χ1) is 7.84. The van der Waals surface area contributed by atoms with Crippen molar-refractivity contribution in [3.63, 3.8) is 0 Å². The summed E-state index contributed by atoms with van der Waals surface area (Å²) in [7, 11) is 0. The minimum absolute atomic E-state index is 1.06. The first-order valence-corrected chi connectivity index (χ1v) is 6.12. The van der Waals surface area contributed by atoms with Gasteiger partial charge in [-0.3, -0.25) is 4.98 Å². The van der Waals surface area contributed by atoms with Crippen molar-refractivity contribution in [2.45, 2.75) is 6.92 Å². The number of aryl methyl sites for hydroxylation is 1. The maximum Gasteiger partial charge on any atom is 0.0702 e. The molecule has 0 fully saturated rings. The Balaban J connectivity index is 2.23. The molecule has 3 aromatic rings. The highest BCUT2D eigenvalue weighted by Crippen LogP contribution is 2.30. The summed E-state index contributed by atoms with van der Waals surface area (Å²) in [5.41, 5.74) is 3.59. The SMILES string of the molecule is Cc1ccsc1-c1cnc2ccccc2c1. The van der Waals surface area contributed by atoms with Crippen molar-refractivity contribution >= 4 is 22.2 Å². The van der Waals surface area contributed by atoms with Crippen LogP contribution in [-0.4, -0.2) is 4.98 Å². The van der Waals surface area contributed by atoms with E-state index in [1.54, 1.807) is 11.3 Å². The molecule has 0 atom stereocenters. The maximum absolute atomic E-state index is 4.48. The van der Waals surface area contributed by atoms with Crippen LogP contribution in [0.5, 0.6) is 0 Å². The summed E-state index contributed by atoms with van der Waals surface area (Å²) in [6, 6.07) is 12.6. The van der Waals surface area contributed by atoms with Crippen LogP contribution in [0.25, 0.3) is 21.3 Å². The fourth-order valence-corrected chi connectivity index (χ4v) is 2.77. The standard InChI is InChI=1S/C14H11NS/c1-10-6-7-16-14(10)12-8-11-4-2-3-5-13(11)15-9-12/h2-9H,1H3. The largest absolute Gasteiger partial charge is 0.256 e. The van der Waals surface area contributed by atoms with E-state index in [1.807, 2.05) is 18.3 Å². The lowest BCUT2D eigenvalue weighted by atomic mass is 10.1. The zero-order chi connectivity index (χ0) is 11.0. The Morgan fingerprint density at radius 2 is 2.00 bits per heavy atom.